The molecule has 1 saturated heterocycles. The van der Waals surface area contributed by atoms with Gasteiger partial charge < -0.3 is 4.90 Å². The molecule has 0 aromatic carbocycles. The number of alkyl halides is 1. The number of aryl methyl sites for hydroxylation is 2. The van der Waals surface area contributed by atoms with E-state index in [1.807, 2.05) is 0 Å². The van der Waals surface area contributed by atoms with Crippen molar-refractivity contribution < 1.29 is 0 Å². The Morgan fingerprint density at radius 3 is 2.82 bits per heavy atom. The van der Waals surface area contributed by atoms with Gasteiger partial charge in [-0.1, -0.05) is 22.0 Å². The molecule has 1 aromatic rings. The van der Waals surface area contributed by atoms with Crippen LogP contribution in [0.4, 0.5) is 5.82 Å². The Kier molecular flexibility index (Phi) is 3.37. The Hall–Kier alpha value is -0.570. The Morgan fingerprint density at radius 2 is 2.06 bits per heavy atom. The number of fused-ring (bicyclic) bond motifs is 1. The molecule has 2 nitrogen and oxygen atoms in total. The summed E-state index contributed by atoms with van der Waals surface area (Å²) < 4.78 is 0. The highest BCUT2D eigenvalue weighted by Crippen LogP contribution is 2.26. The molecular weight excluding hydrogens is 276 g/mol. The highest BCUT2D eigenvalue weighted by molar-refractivity contribution is 9.09. The van der Waals surface area contributed by atoms with Gasteiger partial charge in [-0.05, 0) is 49.7 Å². The van der Waals surface area contributed by atoms with Crippen LogP contribution < -0.4 is 4.90 Å². The molecule has 0 bridgehead atoms. The van der Waals surface area contributed by atoms with Crippen LogP contribution in [-0.2, 0) is 12.8 Å². The van der Waals surface area contributed by atoms with Crippen molar-refractivity contribution in [2.45, 2.75) is 32.1 Å². The number of anilines is 1. The lowest BCUT2D eigenvalue weighted by Gasteiger charge is -2.32. The van der Waals surface area contributed by atoms with Crippen molar-refractivity contribution in [1.82, 2.24) is 4.98 Å². The molecule has 2 heterocycles. The first-order valence-corrected chi connectivity index (χ1v) is 7.78. The van der Waals surface area contributed by atoms with Crippen LogP contribution in [0, 0.1) is 5.92 Å². The topological polar surface area (TPSA) is 16.1 Å². The van der Waals surface area contributed by atoms with Crippen LogP contribution in [0.1, 0.15) is 30.5 Å². The van der Waals surface area contributed by atoms with Crippen LogP contribution in [0.2, 0.25) is 0 Å². The summed E-state index contributed by atoms with van der Waals surface area (Å²) in [5.41, 5.74) is 2.83. The second kappa shape index (κ2) is 4.97. The normalized spacial score (nSPS) is 20.6. The predicted octanol–water partition coefficient (Wildman–Crippen LogP) is 3.18. The van der Waals surface area contributed by atoms with Crippen molar-refractivity contribution in [1.29, 1.82) is 0 Å². The zero-order chi connectivity index (χ0) is 11.7. The summed E-state index contributed by atoms with van der Waals surface area (Å²) >= 11 is 3.59. The van der Waals surface area contributed by atoms with Crippen molar-refractivity contribution in [2.24, 2.45) is 5.92 Å². The van der Waals surface area contributed by atoms with Crippen molar-refractivity contribution in [3.63, 3.8) is 0 Å². The van der Waals surface area contributed by atoms with Crippen molar-refractivity contribution in [2.75, 3.05) is 23.3 Å². The Morgan fingerprint density at radius 1 is 1.24 bits per heavy atom. The third-order valence-corrected chi connectivity index (χ3v) is 4.99. The molecule has 0 atom stereocenters. The highest BCUT2D eigenvalue weighted by atomic mass is 79.9. The van der Waals surface area contributed by atoms with E-state index in [2.05, 4.69) is 33.0 Å². The fourth-order valence-electron chi connectivity index (χ4n) is 2.90. The molecule has 2 aliphatic rings. The molecule has 3 heteroatoms. The first-order chi connectivity index (χ1) is 8.36. The minimum atomic E-state index is 0.862. The molecule has 0 radical (unpaired) electrons. The number of pyridine rings is 1. The monoisotopic (exact) mass is 294 g/mol. The third-order valence-electron chi connectivity index (χ3n) is 4.07. The molecule has 3 rings (SSSR count). The molecular formula is C14H19BrN2. The second-order valence-electron chi connectivity index (χ2n) is 5.21. The van der Waals surface area contributed by atoms with Crippen molar-refractivity contribution >= 4 is 21.7 Å². The summed E-state index contributed by atoms with van der Waals surface area (Å²) in [6.07, 6.45) is 6.29. The molecule has 0 spiro atoms. The molecule has 0 N–H and O–H groups in total. The lowest BCUT2D eigenvalue weighted by atomic mass is 9.99. The average Bonchev–Trinajstić information content (AvgIpc) is 2.86. The van der Waals surface area contributed by atoms with Gasteiger partial charge in [-0.3, -0.25) is 0 Å². The summed E-state index contributed by atoms with van der Waals surface area (Å²) in [5, 5.41) is 1.15. The first-order valence-electron chi connectivity index (χ1n) is 6.66. The molecule has 92 valence electrons. The van der Waals surface area contributed by atoms with Gasteiger partial charge in [-0.25, -0.2) is 4.98 Å². The maximum Gasteiger partial charge on any atom is 0.128 e. The first kappa shape index (κ1) is 11.5. The zero-order valence-electron chi connectivity index (χ0n) is 10.2. The quantitative estimate of drug-likeness (QED) is 0.779. The van der Waals surface area contributed by atoms with E-state index in [-0.39, 0.29) is 0 Å². The van der Waals surface area contributed by atoms with Crippen LogP contribution in [0.25, 0.3) is 0 Å². The summed E-state index contributed by atoms with van der Waals surface area (Å²) in [6, 6.07) is 4.51. The van der Waals surface area contributed by atoms with Crippen LogP contribution in [-0.4, -0.2) is 23.4 Å². The molecule has 1 aliphatic carbocycles. The van der Waals surface area contributed by atoms with Gasteiger partial charge in [-0.15, -0.1) is 0 Å². The number of nitrogens with zero attached hydrogens (tertiary/aromatic N) is 2. The Balaban J connectivity index is 1.72. The van der Waals surface area contributed by atoms with Crippen LogP contribution in [0.5, 0.6) is 0 Å². The number of piperidine rings is 1. The number of rotatable bonds is 2. The fourth-order valence-corrected chi connectivity index (χ4v) is 3.55. The Labute approximate surface area is 112 Å². The SMILES string of the molecule is BrCC1CCN(c2ccc3c(n2)CCC3)CC1. The van der Waals surface area contributed by atoms with Crippen LogP contribution in [0.3, 0.4) is 0 Å². The van der Waals surface area contributed by atoms with Gasteiger partial charge in [0.1, 0.15) is 5.82 Å². The van der Waals surface area contributed by atoms with Gasteiger partial charge >= 0.3 is 0 Å². The van der Waals surface area contributed by atoms with E-state index >= 15 is 0 Å². The molecule has 17 heavy (non-hydrogen) atoms. The standard InChI is InChI=1S/C14H19BrN2/c15-10-11-6-8-17(9-7-11)14-5-4-12-2-1-3-13(12)16-14/h4-5,11H,1-3,6-10H2. The van der Waals surface area contributed by atoms with E-state index < -0.39 is 0 Å². The summed E-state index contributed by atoms with van der Waals surface area (Å²) in [5.74, 6) is 2.07. The molecule has 1 aliphatic heterocycles. The largest absolute Gasteiger partial charge is 0.357 e. The predicted molar refractivity (Wildman–Crippen MR) is 75.0 cm³/mol. The highest BCUT2D eigenvalue weighted by Gasteiger charge is 2.20. The van der Waals surface area contributed by atoms with Crippen molar-refractivity contribution in [3.8, 4) is 0 Å². The Bertz CT molecular complexity index is 397. The maximum atomic E-state index is 4.84. The van der Waals surface area contributed by atoms with Gasteiger partial charge in [-0.2, -0.15) is 0 Å². The second-order valence-corrected chi connectivity index (χ2v) is 5.86. The van der Waals surface area contributed by atoms with Gasteiger partial charge in [0.25, 0.3) is 0 Å². The van der Waals surface area contributed by atoms with Gasteiger partial charge in [0.15, 0.2) is 0 Å². The summed E-state index contributed by atoms with van der Waals surface area (Å²) in [4.78, 5) is 7.30. The summed E-state index contributed by atoms with van der Waals surface area (Å²) in [7, 11) is 0. The van der Waals surface area contributed by atoms with E-state index in [1.54, 1.807) is 0 Å². The lowest BCUT2D eigenvalue weighted by molar-refractivity contribution is 0.445. The molecule has 0 amide bonds. The minimum absolute atomic E-state index is 0.862. The van der Waals surface area contributed by atoms with Gasteiger partial charge in [0.05, 0.1) is 0 Å². The summed E-state index contributed by atoms with van der Waals surface area (Å²) in [6.45, 7) is 2.34. The third kappa shape index (κ3) is 2.35. The van der Waals surface area contributed by atoms with Gasteiger partial charge in [0.2, 0.25) is 0 Å². The number of halogens is 1. The maximum absolute atomic E-state index is 4.84. The molecule has 1 aromatic heterocycles. The molecule has 0 unspecified atom stereocenters. The lowest BCUT2D eigenvalue weighted by Crippen LogP contribution is -2.34. The van der Waals surface area contributed by atoms with Gasteiger partial charge in [0, 0.05) is 24.1 Å². The van der Waals surface area contributed by atoms with E-state index in [0.29, 0.717) is 0 Å². The smallest absolute Gasteiger partial charge is 0.128 e. The van der Waals surface area contributed by atoms with Crippen LogP contribution >= 0.6 is 15.9 Å². The average molecular weight is 295 g/mol. The number of hydrogen-bond acceptors (Lipinski definition) is 2. The minimum Gasteiger partial charge on any atom is -0.357 e. The van der Waals surface area contributed by atoms with E-state index in [4.69, 9.17) is 4.98 Å². The number of aromatic nitrogens is 1. The van der Waals surface area contributed by atoms with Crippen molar-refractivity contribution in [3.05, 3.63) is 23.4 Å². The molecule has 1 fully saturated rings. The molecule has 0 saturated carbocycles. The van der Waals surface area contributed by atoms with E-state index in [0.717, 1.165) is 11.2 Å². The van der Waals surface area contributed by atoms with E-state index in [1.165, 1.54) is 62.3 Å². The zero-order valence-corrected chi connectivity index (χ0v) is 11.7. The fraction of sp³-hybridized carbons (Fsp3) is 0.643. The van der Waals surface area contributed by atoms with Crippen LogP contribution in [0.15, 0.2) is 12.1 Å². The van der Waals surface area contributed by atoms with E-state index in [9.17, 15) is 0 Å². The number of hydrogen-bond donors (Lipinski definition) is 0.